The molecular formula is C26H30O5. The molecule has 0 amide bonds. The molecule has 164 valence electrons. The lowest BCUT2D eigenvalue weighted by molar-refractivity contribution is -0.133. The molecule has 0 atom stereocenters. The van der Waals surface area contributed by atoms with Crippen molar-refractivity contribution in [3.8, 4) is 5.75 Å². The number of benzene rings is 2. The molecule has 0 bridgehead atoms. The monoisotopic (exact) mass is 422 g/mol. The maximum atomic E-state index is 11.7. The van der Waals surface area contributed by atoms with Crippen molar-refractivity contribution in [2.24, 2.45) is 0 Å². The van der Waals surface area contributed by atoms with Crippen LogP contribution in [0.5, 0.6) is 5.75 Å². The molecule has 2 aromatic carbocycles. The first-order valence-corrected chi connectivity index (χ1v) is 10.6. The Morgan fingerprint density at radius 2 is 1.55 bits per heavy atom. The fourth-order valence-corrected chi connectivity index (χ4v) is 3.09. The van der Waals surface area contributed by atoms with Crippen LogP contribution in [0.4, 0.5) is 0 Å². The Hall–Kier alpha value is -3.34. The topological polar surface area (TPSA) is 83.8 Å². The van der Waals surface area contributed by atoms with E-state index in [1.54, 1.807) is 24.3 Å². The van der Waals surface area contributed by atoms with Gasteiger partial charge in [-0.05, 0) is 48.3 Å². The summed E-state index contributed by atoms with van der Waals surface area (Å²) in [6.45, 7) is 2.56. The van der Waals surface area contributed by atoms with Crippen LogP contribution in [0.3, 0.4) is 0 Å². The lowest BCUT2D eigenvalue weighted by atomic mass is 10.0. The molecule has 2 N–H and O–H groups in total. The predicted octanol–water partition coefficient (Wildman–Crippen LogP) is 6.11. The second-order valence-corrected chi connectivity index (χ2v) is 7.39. The van der Waals surface area contributed by atoms with Crippen molar-refractivity contribution in [1.82, 2.24) is 0 Å². The molecule has 2 aromatic rings. The Labute approximate surface area is 183 Å². The number of carboxylic acids is 2. The van der Waals surface area contributed by atoms with Gasteiger partial charge < -0.3 is 14.9 Å². The number of carboxylic acid groups (broad SMARTS) is 2. The summed E-state index contributed by atoms with van der Waals surface area (Å²) in [5.74, 6) is -1.56. The number of hydrogen-bond donors (Lipinski definition) is 2. The van der Waals surface area contributed by atoms with E-state index >= 15 is 0 Å². The normalized spacial score (nSPS) is 11.9. The zero-order valence-corrected chi connectivity index (χ0v) is 17.9. The third-order valence-corrected chi connectivity index (χ3v) is 4.85. The zero-order valence-electron chi connectivity index (χ0n) is 17.9. The third-order valence-electron chi connectivity index (χ3n) is 4.85. The lowest BCUT2D eigenvalue weighted by Crippen LogP contribution is -2.05. The molecule has 5 nitrogen and oxygen atoms in total. The van der Waals surface area contributed by atoms with Gasteiger partial charge in [-0.2, -0.15) is 0 Å². The summed E-state index contributed by atoms with van der Waals surface area (Å²) in [6, 6.07) is 16.8. The van der Waals surface area contributed by atoms with E-state index in [0.717, 1.165) is 37.7 Å². The van der Waals surface area contributed by atoms with Crippen LogP contribution in [0.2, 0.25) is 0 Å². The van der Waals surface area contributed by atoms with E-state index in [2.05, 4.69) is 6.92 Å². The van der Waals surface area contributed by atoms with E-state index in [0.29, 0.717) is 24.3 Å². The van der Waals surface area contributed by atoms with Crippen LogP contribution in [0.1, 0.15) is 56.6 Å². The number of ether oxygens (including phenoxy) is 1. The number of hydrogen-bond acceptors (Lipinski definition) is 3. The molecule has 0 fully saturated rings. The van der Waals surface area contributed by atoms with Gasteiger partial charge in [0.1, 0.15) is 12.4 Å². The van der Waals surface area contributed by atoms with Gasteiger partial charge in [-0.25, -0.2) is 9.59 Å². The molecule has 31 heavy (non-hydrogen) atoms. The summed E-state index contributed by atoms with van der Waals surface area (Å²) >= 11 is 0. The van der Waals surface area contributed by atoms with E-state index in [9.17, 15) is 19.8 Å². The molecule has 2 rings (SSSR count). The summed E-state index contributed by atoms with van der Waals surface area (Å²) < 4.78 is 5.74. The largest absolute Gasteiger partial charge is 0.489 e. The standard InChI is InChI=1S/C26H30O5/c1-2-3-4-5-9-12-22(25(27)28)18-23(26(29)30)17-20-13-15-24(16-14-20)31-19-21-10-7-6-8-11-21/h6-8,10-11,13-18H,2-5,9,12,19H2,1H3,(H,27,28)(H,29,30). The van der Waals surface area contributed by atoms with E-state index in [1.807, 2.05) is 30.3 Å². The molecule has 5 heteroatoms. The maximum Gasteiger partial charge on any atom is 0.335 e. The smallest absolute Gasteiger partial charge is 0.335 e. The number of rotatable bonds is 13. The molecule has 0 aliphatic rings. The van der Waals surface area contributed by atoms with Crippen LogP contribution in [0.25, 0.3) is 6.08 Å². The third kappa shape index (κ3) is 8.91. The molecular weight excluding hydrogens is 392 g/mol. The number of unbranched alkanes of at least 4 members (excludes halogenated alkanes) is 4. The number of aliphatic carboxylic acids is 2. The number of carbonyl (C=O) groups is 2. The average Bonchev–Trinajstić information content (AvgIpc) is 2.77. The quantitative estimate of drug-likeness (QED) is 0.231. The van der Waals surface area contributed by atoms with Crippen molar-refractivity contribution < 1.29 is 24.5 Å². The Morgan fingerprint density at radius 1 is 0.871 bits per heavy atom. The van der Waals surface area contributed by atoms with Crippen LogP contribution < -0.4 is 4.74 Å². The van der Waals surface area contributed by atoms with Gasteiger partial charge in [-0.15, -0.1) is 0 Å². The van der Waals surface area contributed by atoms with E-state index in [-0.39, 0.29) is 11.1 Å². The van der Waals surface area contributed by atoms with Crippen molar-refractivity contribution in [3.63, 3.8) is 0 Å². The SMILES string of the molecule is CCCCCCCC(=CC(=Cc1ccc(OCc2ccccc2)cc1)C(=O)O)C(=O)O. The van der Waals surface area contributed by atoms with E-state index in [1.165, 1.54) is 12.2 Å². The van der Waals surface area contributed by atoms with Crippen LogP contribution >= 0.6 is 0 Å². The molecule has 0 spiro atoms. The first-order valence-electron chi connectivity index (χ1n) is 10.6. The molecule has 0 aliphatic heterocycles. The highest BCUT2D eigenvalue weighted by atomic mass is 16.5. The van der Waals surface area contributed by atoms with Crippen LogP contribution in [-0.2, 0) is 16.2 Å². The van der Waals surface area contributed by atoms with Crippen LogP contribution in [0.15, 0.2) is 71.8 Å². The Morgan fingerprint density at radius 3 is 2.16 bits per heavy atom. The first kappa shape index (κ1) is 23.9. The van der Waals surface area contributed by atoms with Gasteiger partial charge in [-0.3, -0.25) is 0 Å². The first-order chi connectivity index (χ1) is 15.0. The van der Waals surface area contributed by atoms with Crippen molar-refractivity contribution in [2.45, 2.75) is 52.1 Å². The van der Waals surface area contributed by atoms with Crippen molar-refractivity contribution in [3.05, 3.63) is 82.9 Å². The lowest BCUT2D eigenvalue weighted by Gasteiger charge is -2.07. The van der Waals surface area contributed by atoms with Gasteiger partial charge in [0.05, 0.1) is 5.57 Å². The molecule has 0 radical (unpaired) electrons. The summed E-state index contributed by atoms with van der Waals surface area (Å²) in [7, 11) is 0. The van der Waals surface area contributed by atoms with Gasteiger partial charge in [0.25, 0.3) is 0 Å². The van der Waals surface area contributed by atoms with E-state index < -0.39 is 11.9 Å². The second kappa shape index (κ2) is 13.1. The highest BCUT2D eigenvalue weighted by Crippen LogP contribution is 2.19. The molecule has 0 heterocycles. The summed E-state index contributed by atoms with van der Waals surface area (Å²) in [5.41, 5.74) is 1.78. The second-order valence-electron chi connectivity index (χ2n) is 7.39. The highest BCUT2D eigenvalue weighted by Gasteiger charge is 2.12. The molecule has 0 aliphatic carbocycles. The minimum absolute atomic E-state index is 0.0519. The van der Waals surface area contributed by atoms with Gasteiger partial charge in [0.2, 0.25) is 0 Å². The molecule has 0 unspecified atom stereocenters. The predicted molar refractivity (Wildman–Crippen MR) is 122 cm³/mol. The Kier molecular flexibility index (Phi) is 10.1. The van der Waals surface area contributed by atoms with Crippen molar-refractivity contribution in [1.29, 1.82) is 0 Å². The van der Waals surface area contributed by atoms with Crippen LogP contribution in [0, 0.1) is 0 Å². The van der Waals surface area contributed by atoms with Gasteiger partial charge in [-0.1, -0.05) is 75.1 Å². The Balaban J connectivity index is 2.06. The molecule has 0 saturated carbocycles. The van der Waals surface area contributed by atoms with Gasteiger partial charge in [0.15, 0.2) is 0 Å². The maximum absolute atomic E-state index is 11.7. The minimum atomic E-state index is -1.16. The Bertz CT molecular complexity index is 895. The van der Waals surface area contributed by atoms with Gasteiger partial charge in [0, 0.05) is 5.57 Å². The van der Waals surface area contributed by atoms with Gasteiger partial charge >= 0.3 is 11.9 Å². The average molecular weight is 423 g/mol. The fraction of sp³-hybridized carbons (Fsp3) is 0.308. The summed E-state index contributed by atoms with van der Waals surface area (Å²) in [4.78, 5) is 23.2. The van der Waals surface area contributed by atoms with Crippen LogP contribution in [-0.4, -0.2) is 22.2 Å². The molecule has 0 saturated heterocycles. The zero-order chi connectivity index (χ0) is 22.5. The van der Waals surface area contributed by atoms with Crippen molar-refractivity contribution >= 4 is 18.0 Å². The summed E-state index contributed by atoms with van der Waals surface area (Å²) in [5, 5.41) is 19.0. The van der Waals surface area contributed by atoms with E-state index in [4.69, 9.17) is 4.74 Å². The summed E-state index contributed by atoms with van der Waals surface area (Å²) in [6.07, 6.45) is 8.07. The fourth-order valence-electron chi connectivity index (χ4n) is 3.09. The molecule has 0 aromatic heterocycles. The minimum Gasteiger partial charge on any atom is -0.489 e. The van der Waals surface area contributed by atoms with Crippen molar-refractivity contribution in [2.75, 3.05) is 0 Å². The highest BCUT2D eigenvalue weighted by molar-refractivity contribution is 5.98.